The Morgan fingerprint density at radius 2 is 1.81 bits per heavy atom. The quantitative estimate of drug-likeness (QED) is 0.873. The molecule has 2 N–H and O–H groups in total. The highest BCUT2D eigenvalue weighted by atomic mass is 16.2. The van der Waals surface area contributed by atoms with Crippen molar-refractivity contribution in [2.75, 3.05) is 56.4 Å². The minimum atomic E-state index is 0.287. The van der Waals surface area contributed by atoms with Gasteiger partial charge in [-0.2, -0.15) is 0 Å². The van der Waals surface area contributed by atoms with E-state index in [1.807, 2.05) is 23.2 Å². The summed E-state index contributed by atoms with van der Waals surface area (Å²) in [6.45, 7) is 6.14. The van der Waals surface area contributed by atoms with E-state index < -0.39 is 0 Å². The standard InChI is InChI=1S/C15H23N5O/c16-14-4-3-13(11-17-14)19-9-7-18(8-10-19)12-15(21)20-5-1-2-6-20/h3-4,11H,1-2,5-10,12H2,(H2,16,17). The third kappa shape index (κ3) is 3.44. The van der Waals surface area contributed by atoms with E-state index in [2.05, 4.69) is 14.8 Å². The van der Waals surface area contributed by atoms with Gasteiger partial charge in [0, 0.05) is 39.3 Å². The molecule has 1 aromatic heterocycles. The fraction of sp³-hybridized carbons (Fsp3) is 0.600. The predicted octanol–water partition coefficient (Wildman–Crippen LogP) is 0.408. The average Bonchev–Trinajstić information content (AvgIpc) is 3.03. The van der Waals surface area contributed by atoms with E-state index in [1.165, 1.54) is 0 Å². The number of amides is 1. The zero-order valence-electron chi connectivity index (χ0n) is 12.4. The summed E-state index contributed by atoms with van der Waals surface area (Å²) in [6, 6.07) is 3.84. The van der Waals surface area contributed by atoms with E-state index in [1.54, 1.807) is 0 Å². The van der Waals surface area contributed by atoms with Gasteiger partial charge in [0.2, 0.25) is 5.91 Å². The number of anilines is 2. The number of likely N-dealkylation sites (tertiary alicyclic amines) is 1. The summed E-state index contributed by atoms with van der Waals surface area (Å²) in [7, 11) is 0. The van der Waals surface area contributed by atoms with Crippen LogP contribution in [0.5, 0.6) is 0 Å². The number of nitrogens with zero attached hydrogens (tertiary/aromatic N) is 4. The van der Waals surface area contributed by atoms with Gasteiger partial charge in [0.1, 0.15) is 5.82 Å². The number of carbonyl (C=O) groups excluding carboxylic acids is 1. The first-order chi connectivity index (χ1) is 10.2. The maximum Gasteiger partial charge on any atom is 0.236 e. The fourth-order valence-electron chi connectivity index (χ4n) is 3.01. The zero-order chi connectivity index (χ0) is 14.7. The molecule has 2 aliphatic rings. The van der Waals surface area contributed by atoms with Crippen LogP contribution in [0.15, 0.2) is 18.3 Å². The van der Waals surface area contributed by atoms with Crippen molar-refractivity contribution in [1.82, 2.24) is 14.8 Å². The lowest BCUT2D eigenvalue weighted by Crippen LogP contribution is -2.49. The molecule has 114 valence electrons. The number of nitrogens with two attached hydrogens (primary N) is 1. The van der Waals surface area contributed by atoms with Crippen molar-refractivity contribution in [1.29, 1.82) is 0 Å². The van der Waals surface area contributed by atoms with Gasteiger partial charge in [0.05, 0.1) is 18.4 Å². The van der Waals surface area contributed by atoms with Crippen LogP contribution in [0.1, 0.15) is 12.8 Å². The zero-order valence-corrected chi connectivity index (χ0v) is 12.4. The summed E-state index contributed by atoms with van der Waals surface area (Å²) in [4.78, 5) is 22.8. The third-order valence-corrected chi connectivity index (χ3v) is 4.33. The smallest absolute Gasteiger partial charge is 0.236 e. The number of nitrogen functional groups attached to an aromatic ring is 1. The topological polar surface area (TPSA) is 65.7 Å². The van der Waals surface area contributed by atoms with E-state index >= 15 is 0 Å². The monoisotopic (exact) mass is 289 g/mol. The second kappa shape index (κ2) is 6.30. The van der Waals surface area contributed by atoms with Crippen molar-refractivity contribution in [2.24, 2.45) is 0 Å². The van der Waals surface area contributed by atoms with Crippen LogP contribution in [-0.2, 0) is 4.79 Å². The highest BCUT2D eigenvalue weighted by molar-refractivity contribution is 5.78. The maximum absolute atomic E-state index is 12.1. The van der Waals surface area contributed by atoms with Gasteiger partial charge in [-0.15, -0.1) is 0 Å². The molecule has 0 unspecified atom stereocenters. The van der Waals surface area contributed by atoms with Crippen LogP contribution in [-0.4, -0.2) is 66.5 Å². The van der Waals surface area contributed by atoms with Crippen LogP contribution in [0.2, 0.25) is 0 Å². The Balaban J connectivity index is 1.48. The molecule has 2 saturated heterocycles. The molecular weight excluding hydrogens is 266 g/mol. The van der Waals surface area contributed by atoms with Gasteiger partial charge in [-0.25, -0.2) is 4.98 Å². The van der Waals surface area contributed by atoms with Gasteiger partial charge >= 0.3 is 0 Å². The van der Waals surface area contributed by atoms with Crippen molar-refractivity contribution in [3.8, 4) is 0 Å². The highest BCUT2D eigenvalue weighted by Crippen LogP contribution is 2.16. The molecule has 0 bridgehead atoms. The number of carbonyl (C=O) groups is 1. The SMILES string of the molecule is Nc1ccc(N2CCN(CC(=O)N3CCCC3)CC2)cn1. The van der Waals surface area contributed by atoms with Gasteiger partial charge in [-0.05, 0) is 25.0 Å². The second-order valence-corrected chi connectivity index (χ2v) is 5.79. The molecule has 21 heavy (non-hydrogen) atoms. The maximum atomic E-state index is 12.1. The summed E-state index contributed by atoms with van der Waals surface area (Å²) in [5.74, 6) is 0.837. The highest BCUT2D eigenvalue weighted by Gasteiger charge is 2.23. The van der Waals surface area contributed by atoms with Gasteiger partial charge in [-0.1, -0.05) is 0 Å². The molecular formula is C15H23N5O. The number of hydrogen-bond donors (Lipinski definition) is 1. The number of hydrogen-bond acceptors (Lipinski definition) is 5. The predicted molar refractivity (Wildman–Crippen MR) is 83.1 cm³/mol. The Hall–Kier alpha value is -1.82. The van der Waals surface area contributed by atoms with E-state index in [9.17, 15) is 4.79 Å². The number of aromatic nitrogens is 1. The number of rotatable bonds is 3. The molecule has 0 aromatic carbocycles. The van der Waals surface area contributed by atoms with Crippen LogP contribution in [0.4, 0.5) is 11.5 Å². The average molecular weight is 289 g/mol. The lowest BCUT2D eigenvalue weighted by molar-refractivity contribution is -0.131. The van der Waals surface area contributed by atoms with Crippen LogP contribution in [0, 0.1) is 0 Å². The lowest BCUT2D eigenvalue weighted by atomic mass is 10.2. The molecule has 2 fully saturated rings. The van der Waals surface area contributed by atoms with E-state index in [-0.39, 0.29) is 5.91 Å². The normalized spacial score (nSPS) is 20.0. The summed E-state index contributed by atoms with van der Waals surface area (Å²) < 4.78 is 0. The van der Waals surface area contributed by atoms with Crippen LogP contribution >= 0.6 is 0 Å². The molecule has 0 aliphatic carbocycles. The molecule has 1 aromatic rings. The van der Waals surface area contributed by atoms with Crippen molar-refractivity contribution >= 4 is 17.4 Å². The molecule has 6 nitrogen and oxygen atoms in total. The molecule has 3 heterocycles. The molecule has 3 rings (SSSR count). The Morgan fingerprint density at radius 1 is 1.10 bits per heavy atom. The minimum absolute atomic E-state index is 0.287. The summed E-state index contributed by atoms with van der Waals surface area (Å²) in [6.07, 6.45) is 4.13. The number of piperazine rings is 1. The number of pyridine rings is 1. The molecule has 1 amide bonds. The summed E-state index contributed by atoms with van der Waals surface area (Å²) in [5, 5.41) is 0. The van der Waals surface area contributed by atoms with Crippen molar-refractivity contribution < 1.29 is 4.79 Å². The van der Waals surface area contributed by atoms with Gasteiger partial charge < -0.3 is 15.5 Å². The molecule has 0 radical (unpaired) electrons. The Kier molecular flexibility index (Phi) is 4.24. The summed E-state index contributed by atoms with van der Waals surface area (Å²) in [5.41, 5.74) is 6.72. The molecule has 0 spiro atoms. The Labute approximate surface area is 125 Å². The van der Waals surface area contributed by atoms with E-state index in [0.717, 1.165) is 57.8 Å². The van der Waals surface area contributed by atoms with Gasteiger partial charge in [-0.3, -0.25) is 9.69 Å². The van der Waals surface area contributed by atoms with Crippen molar-refractivity contribution in [2.45, 2.75) is 12.8 Å². The van der Waals surface area contributed by atoms with Crippen molar-refractivity contribution in [3.05, 3.63) is 18.3 Å². The second-order valence-electron chi connectivity index (χ2n) is 5.79. The van der Waals surface area contributed by atoms with E-state index in [4.69, 9.17) is 5.73 Å². The van der Waals surface area contributed by atoms with Gasteiger partial charge in [0.15, 0.2) is 0 Å². The largest absolute Gasteiger partial charge is 0.384 e. The third-order valence-electron chi connectivity index (χ3n) is 4.33. The minimum Gasteiger partial charge on any atom is -0.384 e. The Morgan fingerprint density at radius 3 is 2.43 bits per heavy atom. The summed E-state index contributed by atoms with van der Waals surface area (Å²) >= 11 is 0. The van der Waals surface area contributed by atoms with Crippen LogP contribution in [0.25, 0.3) is 0 Å². The fourth-order valence-corrected chi connectivity index (χ4v) is 3.01. The first-order valence-corrected chi connectivity index (χ1v) is 7.69. The lowest BCUT2D eigenvalue weighted by Gasteiger charge is -2.36. The van der Waals surface area contributed by atoms with Gasteiger partial charge in [0.25, 0.3) is 0 Å². The molecule has 2 aliphatic heterocycles. The van der Waals surface area contributed by atoms with Crippen LogP contribution < -0.4 is 10.6 Å². The molecule has 0 saturated carbocycles. The van der Waals surface area contributed by atoms with E-state index in [0.29, 0.717) is 12.4 Å². The van der Waals surface area contributed by atoms with Crippen molar-refractivity contribution in [3.63, 3.8) is 0 Å². The molecule has 0 atom stereocenters. The first-order valence-electron chi connectivity index (χ1n) is 7.69. The Bertz CT molecular complexity index is 475. The first kappa shape index (κ1) is 14.1. The molecule has 6 heteroatoms. The van der Waals surface area contributed by atoms with Crippen LogP contribution in [0.3, 0.4) is 0 Å².